The molecule has 2 aromatic heterocycles. The van der Waals surface area contributed by atoms with Gasteiger partial charge in [-0.05, 0) is 61.4 Å². The van der Waals surface area contributed by atoms with Crippen LogP contribution in [0.5, 0.6) is 5.75 Å². The van der Waals surface area contributed by atoms with E-state index in [-0.39, 0.29) is 11.8 Å². The van der Waals surface area contributed by atoms with E-state index in [1.165, 1.54) is 0 Å². The predicted molar refractivity (Wildman–Crippen MR) is 136 cm³/mol. The number of hydrogen-bond donors (Lipinski definition) is 1. The Hall–Kier alpha value is -4.26. The number of methoxy groups -OCH3 is 1. The molecular formula is C28H27N5O2. The smallest absolute Gasteiger partial charge is 0.253 e. The third kappa shape index (κ3) is 5.14. The quantitative estimate of drug-likeness (QED) is 0.416. The van der Waals surface area contributed by atoms with Crippen LogP contribution in [0.1, 0.15) is 34.8 Å². The van der Waals surface area contributed by atoms with Crippen molar-refractivity contribution in [3.8, 4) is 17.0 Å². The Morgan fingerprint density at radius 1 is 1.00 bits per heavy atom. The lowest BCUT2D eigenvalue weighted by Crippen LogP contribution is -2.39. The third-order valence-corrected chi connectivity index (χ3v) is 6.21. The first-order valence-corrected chi connectivity index (χ1v) is 11.7. The summed E-state index contributed by atoms with van der Waals surface area (Å²) < 4.78 is 5.52. The number of rotatable bonds is 6. The van der Waals surface area contributed by atoms with Gasteiger partial charge < -0.3 is 15.0 Å². The van der Waals surface area contributed by atoms with Crippen molar-refractivity contribution in [2.45, 2.75) is 18.8 Å². The number of carbonyl (C=O) groups is 1. The van der Waals surface area contributed by atoms with Gasteiger partial charge in [0.15, 0.2) is 0 Å². The minimum absolute atomic E-state index is 0.0215. The molecule has 0 aliphatic carbocycles. The number of hydrogen-bond acceptors (Lipinski definition) is 6. The molecule has 1 N–H and O–H groups in total. The third-order valence-electron chi connectivity index (χ3n) is 6.21. The maximum Gasteiger partial charge on any atom is 0.253 e. The fourth-order valence-electron chi connectivity index (χ4n) is 4.49. The van der Waals surface area contributed by atoms with Gasteiger partial charge in [0.25, 0.3) is 5.91 Å². The van der Waals surface area contributed by atoms with E-state index >= 15 is 0 Å². The summed E-state index contributed by atoms with van der Waals surface area (Å²) in [6, 6.07) is 23.2. The summed E-state index contributed by atoms with van der Waals surface area (Å²) >= 11 is 0. The highest BCUT2D eigenvalue weighted by molar-refractivity contribution is 5.95. The number of pyridine rings is 1. The normalized spacial score (nSPS) is 15.5. The molecule has 7 nitrogen and oxygen atoms in total. The van der Waals surface area contributed by atoms with E-state index in [4.69, 9.17) is 9.72 Å². The van der Waals surface area contributed by atoms with E-state index < -0.39 is 0 Å². The standard InChI is InChI=1S/C28H27N5O2/c1-35-26-14-3-2-11-23(26)25-13-5-12-24(32-25)21-9-6-17-33(19-21)27(34)20-8-4-10-22(18-20)31-28-29-15-7-16-30-28/h2-5,7-8,10-16,18,21H,6,9,17,19H2,1H3,(H,29,30,31)/t21-/m0/s1. The number of likely N-dealkylation sites (tertiary alicyclic amines) is 1. The summed E-state index contributed by atoms with van der Waals surface area (Å²) in [5.74, 6) is 1.50. The van der Waals surface area contributed by atoms with Gasteiger partial charge in [-0.1, -0.05) is 24.3 Å². The SMILES string of the molecule is COc1ccccc1-c1cccc([C@H]2CCCN(C(=O)c3cccc(Nc4ncccn4)c3)C2)n1. The van der Waals surface area contributed by atoms with Gasteiger partial charge in [0.2, 0.25) is 5.95 Å². The van der Waals surface area contributed by atoms with Crippen LogP contribution in [0.2, 0.25) is 0 Å². The summed E-state index contributed by atoms with van der Waals surface area (Å²) in [7, 11) is 1.67. The molecule has 1 fully saturated rings. The second kappa shape index (κ2) is 10.3. The Balaban J connectivity index is 1.33. The van der Waals surface area contributed by atoms with Crippen LogP contribution in [0.3, 0.4) is 0 Å². The number of nitrogens with zero attached hydrogens (tertiary/aromatic N) is 4. The van der Waals surface area contributed by atoms with Crippen molar-refractivity contribution in [1.82, 2.24) is 19.9 Å². The highest BCUT2D eigenvalue weighted by Crippen LogP contribution is 2.32. The monoisotopic (exact) mass is 465 g/mol. The average Bonchev–Trinajstić information content (AvgIpc) is 2.93. The van der Waals surface area contributed by atoms with Gasteiger partial charge in [0.05, 0.1) is 12.8 Å². The molecule has 1 saturated heterocycles. The van der Waals surface area contributed by atoms with Crippen LogP contribution < -0.4 is 10.1 Å². The average molecular weight is 466 g/mol. The van der Waals surface area contributed by atoms with Gasteiger partial charge in [-0.3, -0.25) is 9.78 Å². The second-order valence-electron chi connectivity index (χ2n) is 8.52. The van der Waals surface area contributed by atoms with Crippen molar-refractivity contribution in [3.63, 3.8) is 0 Å². The molecule has 0 spiro atoms. The minimum atomic E-state index is 0.0215. The molecular weight excluding hydrogens is 438 g/mol. The van der Waals surface area contributed by atoms with E-state index in [0.717, 1.165) is 47.8 Å². The fraction of sp³-hybridized carbons (Fsp3) is 0.214. The van der Waals surface area contributed by atoms with Crippen molar-refractivity contribution < 1.29 is 9.53 Å². The topological polar surface area (TPSA) is 80.2 Å². The maximum atomic E-state index is 13.4. The van der Waals surface area contributed by atoms with E-state index in [0.29, 0.717) is 18.1 Å². The summed E-state index contributed by atoms with van der Waals surface area (Å²) in [4.78, 5) is 28.7. The summed E-state index contributed by atoms with van der Waals surface area (Å²) in [6.45, 7) is 1.38. The molecule has 1 atom stereocenters. The van der Waals surface area contributed by atoms with Crippen LogP contribution in [0.4, 0.5) is 11.6 Å². The van der Waals surface area contributed by atoms with E-state index in [1.807, 2.05) is 65.6 Å². The molecule has 7 heteroatoms. The number of benzene rings is 2. The molecule has 3 heterocycles. The first kappa shape index (κ1) is 22.5. The van der Waals surface area contributed by atoms with Gasteiger partial charge in [-0.25, -0.2) is 9.97 Å². The number of para-hydroxylation sites is 1. The molecule has 1 amide bonds. The van der Waals surface area contributed by atoms with Gasteiger partial charge in [-0.2, -0.15) is 0 Å². The number of carbonyl (C=O) groups excluding carboxylic acids is 1. The van der Waals surface area contributed by atoms with Crippen molar-refractivity contribution in [1.29, 1.82) is 0 Å². The first-order valence-electron chi connectivity index (χ1n) is 11.7. The molecule has 0 saturated carbocycles. The van der Waals surface area contributed by atoms with Crippen molar-refractivity contribution >= 4 is 17.5 Å². The van der Waals surface area contributed by atoms with Gasteiger partial charge >= 0.3 is 0 Å². The predicted octanol–water partition coefficient (Wildman–Crippen LogP) is 5.31. The van der Waals surface area contributed by atoms with E-state index in [1.54, 1.807) is 25.6 Å². The number of nitrogens with one attached hydrogen (secondary N) is 1. The fourth-order valence-corrected chi connectivity index (χ4v) is 4.49. The lowest BCUT2D eigenvalue weighted by Gasteiger charge is -2.33. The Morgan fingerprint density at radius 2 is 1.83 bits per heavy atom. The van der Waals surface area contributed by atoms with Gasteiger partial charge in [0.1, 0.15) is 5.75 Å². The lowest BCUT2D eigenvalue weighted by molar-refractivity contribution is 0.0706. The Morgan fingerprint density at radius 3 is 2.69 bits per heavy atom. The zero-order valence-electron chi connectivity index (χ0n) is 19.6. The van der Waals surface area contributed by atoms with Crippen LogP contribution in [0, 0.1) is 0 Å². The Bertz CT molecular complexity index is 1310. The van der Waals surface area contributed by atoms with Crippen LogP contribution in [-0.2, 0) is 0 Å². The first-order chi connectivity index (χ1) is 17.2. The summed E-state index contributed by atoms with van der Waals surface area (Å²) in [6.07, 6.45) is 5.29. The van der Waals surface area contributed by atoms with Crippen LogP contribution in [0.15, 0.2) is 85.2 Å². The molecule has 2 aromatic carbocycles. The zero-order chi connectivity index (χ0) is 24.0. The number of piperidine rings is 1. The minimum Gasteiger partial charge on any atom is -0.496 e. The summed E-state index contributed by atoms with van der Waals surface area (Å²) in [5.41, 5.74) is 4.27. The van der Waals surface area contributed by atoms with E-state index in [2.05, 4.69) is 21.4 Å². The molecule has 0 unspecified atom stereocenters. The largest absolute Gasteiger partial charge is 0.496 e. The molecule has 1 aliphatic rings. The molecule has 35 heavy (non-hydrogen) atoms. The van der Waals surface area contributed by atoms with Crippen LogP contribution in [-0.4, -0.2) is 46.0 Å². The number of ether oxygens (including phenoxy) is 1. The zero-order valence-corrected chi connectivity index (χ0v) is 19.6. The highest BCUT2D eigenvalue weighted by Gasteiger charge is 2.27. The summed E-state index contributed by atoms with van der Waals surface area (Å²) in [5, 5.41) is 3.15. The molecule has 5 rings (SSSR count). The Labute approximate surface area is 204 Å². The Kier molecular flexibility index (Phi) is 6.66. The van der Waals surface area contributed by atoms with Crippen molar-refractivity contribution in [3.05, 3.63) is 96.4 Å². The maximum absolute atomic E-state index is 13.4. The number of anilines is 2. The molecule has 0 bridgehead atoms. The van der Waals surface area contributed by atoms with Crippen molar-refractivity contribution in [2.24, 2.45) is 0 Å². The molecule has 176 valence electrons. The van der Waals surface area contributed by atoms with Gasteiger partial charge in [0, 0.05) is 53.9 Å². The molecule has 1 aliphatic heterocycles. The van der Waals surface area contributed by atoms with Crippen LogP contribution in [0.25, 0.3) is 11.3 Å². The molecule has 4 aromatic rings. The number of amides is 1. The second-order valence-corrected chi connectivity index (χ2v) is 8.52. The van der Waals surface area contributed by atoms with Crippen molar-refractivity contribution in [2.75, 3.05) is 25.5 Å². The van der Waals surface area contributed by atoms with Crippen LogP contribution >= 0.6 is 0 Å². The number of aromatic nitrogens is 3. The molecule has 0 radical (unpaired) electrons. The highest BCUT2D eigenvalue weighted by atomic mass is 16.5. The van der Waals surface area contributed by atoms with Gasteiger partial charge in [-0.15, -0.1) is 0 Å². The lowest BCUT2D eigenvalue weighted by atomic mass is 9.93. The van der Waals surface area contributed by atoms with E-state index in [9.17, 15) is 4.79 Å².